The SMILES string of the molecule is CCOC(=O)CCC(=O)c1ccc2c(c1)N(CC(=O)c1cccs1)C(=O)CO2. The summed E-state index contributed by atoms with van der Waals surface area (Å²) >= 11 is 1.31. The van der Waals surface area contributed by atoms with E-state index in [1.807, 2.05) is 0 Å². The maximum Gasteiger partial charge on any atom is 0.306 e. The smallest absolute Gasteiger partial charge is 0.306 e. The summed E-state index contributed by atoms with van der Waals surface area (Å²) in [5, 5.41) is 1.79. The monoisotopic (exact) mass is 401 g/mol. The first kappa shape index (κ1) is 19.8. The van der Waals surface area contributed by atoms with Gasteiger partial charge in [0, 0.05) is 12.0 Å². The van der Waals surface area contributed by atoms with Crippen molar-refractivity contribution in [1.82, 2.24) is 0 Å². The molecule has 8 heteroatoms. The molecule has 0 aliphatic carbocycles. The largest absolute Gasteiger partial charge is 0.482 e. The molecule has 0 saturated heterocycles. The van der Waals surface area contributed by atoms with Gasteiger partial charge < -0.3 is 9.47 Å². The van der Waals surface area contributed by atoms with Gasteiger partial charge in [-0.3, -0.25) is 24.1 Å². The molecule has 0 spiro atoms. The normalized spacial score (nSPS) is 12.9. The number of fused-ring (bicyclic) bond motifs is 1. The molecule has 0 radical (unpaired) electrons. The molecule has 1 amide bonds. The molecule has 1 aliphatic heterocycles. The Balaban J connectivity index is 1.78. The lowest BCUT2D eigenvalue weighted by molar-refractivity contribution is -0.143. The van der Waals surface area contributed by atoms with Crippen molar-refractivity contribution in [2.24, 2.45) is 0 Å². The molecule has 0 atom stereocenters. The molecule has 1 aromatic heterocycles. The van der Waals surface area contributed by atoms with Crippen molar-refractivity contribution in [3.05, 3.63) is 46.2 Å². The fraction of sp³-hybridized carbons (Fsp3) is 0.300. The third-order valence-electron chi connectivity index (χ3n) is 4.18. The van der Waals surface area contributed by atoms with Crippen LogP contribution in [0.1, 0.15) is 39.8 Å². The average Bonchev–Trinajstić information content (AvgIpc) is 3.23. The minimum Gasteiger partial charge on any atom is -0.482 e. The van der Waals surface area contributed by atoms with Crippen molar-refractivity contribution in [3.8, 4) is 5.75 Å². The summed E-state index contributed by atoms with van der Waals surface area (Å²) in [6.07, 6.45) is -0.0136. The van der Waals surface area contributed by atoms with E-state index in [2.05, 4.69) is 0 Å². The lowest BCUT2D eigenvalue weighted by atomic mass is 10.0. The third kappa shape index (κ3) is 4.45. The molecule has 2 heterocycles. The number of ketones is 2. The van der Waals surface area contributed by atoms with Gasteiger partial charge in [-0.1, -0.05) is 6.07 Å². The first-order chi connectivity index (χ1) is 13.5. The first-order valence-electron chi connectivity index (χ1n) is 8.82. The minimum absolute atomic E-state index is 0.000545. The molecule has 0 fully saturated rings. The zero-order valence-electron chi connectivity index (χ0n) is 15.3. The molecule has 7 nitrogen and oxygen atoms in total. The number of thiophene rings is 1. The maximum atomic E-state index is 12.4. The van der Waals surface area contributed by atoms with Crippen LogP contribution in [-0.2, 0) is 14.3 Å². The molecular formula is C20H19NO6S. The zero-order valence-corrected chi connectivity index (χ0v) is 16.1. The maximum absolute atomic E-state index is 12.4. The van der Waals surface area contributed by atoms with Crippen LogP contribution in [0.5, 0.6) is 5.75 Å². The highest BCUT2D eigenvalue weighted by molar-refractivity contribution is 7.12. The Kier molecular flexibility index (Phi) is 6.20. The van der Waals surface area contributed by atoms with E-state index in [0.29, 0.717) is 21.9 Å². The number of benzene rings is 1. The average molecular weight is 401 g/mol. The van der Waals surface area contributed by atoms with Crippen molar-refractivity contribution in [2.45, 2.75) is 19.8 Å². The van der Waals surface area contributed by atoms with Crippen molar-refractivity contribution >= 4 is 40.5 Å². The van der Waals surface area contributed by atoms with Crippen LogP contribution in [0.25, 0.3) is 0 Å². The number of ether oxygens (including phenoxy) is 2. The second-order valence-electron chi connectivity index (χ2n) is 6.08. The van der Waals surface area contributed by atoms with Gasteiger partial charge in [0.05, 0.1) is 30.1 Å². The number of rotatable bonds is 8. The van der Waals surface area contributed by atoms with Gasteiger partial charge in [0.2, 0.25) is 0 Å². The summed E-state index contributed by atoms with van der Waals surface area (Å²) in [6.45, 7) is 1.67. The van der Waals surface area contributed by atoms with E-state index >= 15 is 0 Å². The highest BCUT2D eigenvalue weighted by Gasteiger charge is 2.28. The Hall–Kier alpha value is -3.00. The number of Topliss-reactive ketones (excluding diaryl/α,β-unsaturated/α-hetero) is 2. The second kappa shape index (κ2) is 8.79. The molecule has 1 aromatic carbocycles. The van der Waals surface area contributed by atoms with E-state index in [1.54, 1.807) is 36.6 Å². The third-order valence-corrected chi connectivity index (χ3v) is 5.09. The van der Waals surface area contributed by atoms with E-state index in [1.165, 1.54) is 22.3 Å². The molecule has 1 aliphatic rings. The molecule has 0 unspecified atom stereocenters. The number of nitrogens with zero attached hydrogens (tertiary/aromatic N) is 1. The van der Waals surface area contributed by atoms with E-state index in [9.17, 15) is 19.2 Å². The fourth-order valence-electron chi connectivity index (χ4n) is 2.80. The van der Waals surface area contributed by atoms with Crippen LogP contribution in [0.15, 0.2) is 35.7 Å². The van der Waals surface area contributed by atoms with Crippen molar-refractivity contribution < 1.29 is 28.7 Å². The molecule has 3 rings (SSSR count). The first-order valence-corrected chi connectivity index (χ1v) is 9.70. The summed E-state index contributed by atoms with van der Waals surface area (Å²) in [4.78, 5) is 50.6. The summed E-state index contributed by atoms with van der Waals surface area (Å²) in [6, 6.07) is 8.19. The van der Waals surface area contributed by atoms with E-state index in [4.69, 9.17) is 9.47 Å². The van der Waals surface area contributed by atoms with Crippen LogP contribution in [0.2, 0.25) is 0 Å². The molecule has 28 heavy (non-hydrogen) atoms. The van der Waals surface area contributed by atoms with Gasteiger partial charge in [-0.25, -0.2) is 0 Å². The lowest BCUT2D eigenvalue weighted by Crippen LogP contribution is -2.42. The molecule has 0 bridgehead atoms. The van der Waals surface area contributed by atoms with Crippen LogP contribution < -0.4 is 9.64 Å². The second-order valence-corrected chi connectivity index (χ2v) is 7.03. The van der Waals surface area contributed by atoms with Gasteiger partial charge in [0.15, 0.2) is 18.2 Å². The van der Waals surface area contributed by atoms with Crippen molar-refractivity contribution in [2.75, 3.05) is 24.7 Å². The molecule has 0 saturated carbocycles. The van der Waals surface area contributed by atoms with Crippen LogP contribution in [0.3, 0.4) is 0 Å². The summed E-state index contributed by atoms with van der Waals surface area (Å²) < 4.78 is 10.2. The van der Waals surface area contributed by atoms with Gasteiger partial charge in [-0.15, -0.1) is 11.3 Å². The number of hydrogen-bond acceptors (Lipinski definition) is 7. The van der Waals surface area contributed by atoms with Crippen LogP contribution in [0, 0.1) is 0 Å². The predicted molar refractivity (Wildman–Crippen MR) is 103 cm³/mol. The van der Waals surface area contributed by atoms with Crippen molar-refractivity contribution in [1.29, 1.82) is 0 Å². The highest BCUT2D eigenvalue weighted by atomic mass is 32.1. The molecule has 0 N–H and O–H groups in total. The Morgan fingerprint density at radius 2 is 2.00 bits per heavy atom. The predicted octanol–water partition coefficient (Wildman–Crippen LogP) is 2.88. The fourth-order valence-corrected chi connectivity index (χ4v) is 3.46. The minimum atomic E-state index is -0.435. The summed E-state index contributed by atoms with van der Waals surface area (Å²) in [5.41, 5.74) is 0.720. The topological polar surface area (TPSA) is 90.0 Å². The van der Waals surface area contributed by atoms with E-state index in [-0.39, 0.29) is 50.1 Å². The van der Waals surface area contributed by atoms with Crippen LogP contribution in [-0.4, -0.2) is 43.2 Å². The number of anilines is 1. The quantitative estimate of drug-likeness (QED) is 0.499. The number of hydrogen-bond donors (Lipinski definition) is 0. The van der Waals surface area contributed by atoms with Crippen molar-refractivity contribution in [3.63, 3.8) is 0 Å². The Bertz CT molecular complexity index is 905. The zero-order chi connectivity index (χ0) is 20.1. The number of esters is 1. The van der Waals surface area contributed by atoms with Gasteiger partial charge >= 0.3 is 5.97 Å². The number of carbonyl (C=O) groups is 4. The molecule has 146 valence electrons. The Morgan fingerprint density at radius 1 is 1.18 bits per heavy atom. The van der Waals surface area contributed by atoms with Gasteiger partial charge in [0.25, 0.3) is 5.91 Å². The number of amides is 1. The Labute approximate surface area is 165 Å². The Morgan fingerprint density at radius 3 is 2.71 bits per heavy atom. The van der Waals surface area contributed by atoms with Gasteiger partial charge in [0.1, 0.15) is 5.75 Å². The standard InChI is InChI=1S/C20H19NO6S/c1-2-26-20(25)8-6-15(22)13-5-7-17-14(10-13)21(19(24)12-27-17)11-16(23)18-4-3-9-28-18/h3-5,7,9-10H,2,6,8,11-12H2,1H3. The summed E-state index contributed by atoms with van der Waals surface area (Å²) in [5.74, 6) is -0.793. The molecule has 2 aromatic rings. The van der Waals surface area contributed by atoms with Gasteiger partial charge in [-0.05, 0) is 36.6 Å². The molecular weight excluding hydrogens is 382 g/mol. The highest BCUT2D eigenvalue weighted by Crippen LogP contribution is 2.33. The van der Waals surface area contributed by atoms with Crippen LogP contribution >= 0.6 is 11.3 Å². The number of carbonyl (C=O) groups excluding carboxylic acids is 4. The van der Waals surface area contributed by atoms with E-state index in [0.717, 1.165) is 0 Å². The van der Waals surface area contributed by atoms with Gasteiger partial charge in [-0.2, -0.15) is 0 Å². The lowest BCUT2D eigenvalue weighted by Gasteiger charge is -2.29. The van der Waals surface area contributed by atoms with Crippen LogP contribution in [0.4, 0.5) is 5.69 Å². The summed E-state index contributed by atoms with van der Waals surface area (Å²) in [7, 11) is 0. The van der Waals surface area contributed by atoms with E-state index < -0.39 is 5.97 Å².